The molecule has 100 valence electrons. The van der Waals surface area contributed by atoms with Crippen molar-refractivity contribution in [2.75, 3.05) is 6.61 Å². The van der Waals surface area contributed by atoms with Gasteiger partial charge in [0.15, 0.2) is 6.61 Å². The molecule has 0 radical (unpaired) electrons. The van der Waals surface area contributed by atoms with Crippen molar-refractivity contribution in [1.82, 2.24) is 5.32 Å². The molecule has 1 aromatic rings. The monoisotopic (exact) mass is 249 g/mol. The second-order valence-electron chi connectivity index (χ2n) is 5.09. The van der Waals surface area contributed by atoms with Crippen molar-refractivity contribution in [2.45, 2.75) is 40.7 Å². The van der Waals surface area contributed by atoms with Crippen LogP contribution in [-0.2, 0) is 4.79 Å². The van der Waals surface area contributed by atoms with Crippen LogP contribution in [0.25, 0.3) is 0 Å². The van der Waals surface area contributed by atoms with Gasteiger partial charge < -0.3 is 10.1 Å². The van der Waals surface area contributed by atoms with E-state index in [9.17, 15) is 4.79 Å². The predicted molar refractivity (Wildman–Crippen MR) is 73.9 cm³/mol. The number of carbonyl (C=O) groups is 1. The van der Waals surface area contributed by atoms with E-state index < -0.39 is 0 Å². The first-order chi connectivity index (χ1) is 8.41. The summed E-state index contributed by atoms with van der Waals surface area (Å²) in [4.78, 5) is 11.7. The molecule has 0 aliphatic heterocycles. The summed E-state index contributed by atoms with van der Waals surface area (Å²) < 4.78 is 5.55. The maximum atomic E-state index is 11.7. The van der Waals surface area contributed by atoms with Crippen LogP contribution in [0, 0.1) is 19.8 Å². The summed E-state index contributed by atoms with van der Waals surface area (Å²) in [6, 6.07) is 6.02. The SMILES string of the molecule is Cc1cccc(OCC(=O)NC(C)C(C)C)c1C. The molecule has 0 aromatic heterocycles. The Bertz CT molecular complexity index is 413. The fourth-order valence-corrected chi connectivity index (χ4v) is 1.49. The lowest BCUT2D eigenvalue weighted by atomic mass is 10.1. The topological polar surface area (TPSA) is 38.3 Å². The van der Waals surface area contributed by atoms with E-state index in [0.29, 0.717) is 5.92 Å². The molecular weight excluding hydrogens is 226 g/mol. The standard InChI is InChI=1S/C15H23NO2/c1-10(2)13(5)16-15(17)9-18-14-8-6-7-11(3)12(14)4/h6-8,10,13H,9H2,1-5H3,(H,16,17). The maximum absolute atomic E-state index is 11.7. The fraction of sp³-hybridized carbons (Fsp3) is 0.533. The first-order valence-electron chi connectivity index (χ1n) is 6.40. The van der Waals surface area contributed by atoms with Gasteiger partial charge in [0.1, 0.15) is 5.75 Å². The van der Waals surface area contributed by atoms with Gasteiger partial charge in [0.05, 0.1) is 0 Å². The van der Waals surface area contributed by atoms with Gasteiger partial charge in [0.25, 0.3) is 5.91 Å². The third-order valence-electron chi connectivity index (χ3n) is 3.30. The zero-order valence-electron chi connectivity index (χ0n) is 11.9. The third kappa shape index (κ3) is 4.06. The molecule has 1 rings (SSSR count). The van der Waals surface area contributed by atoms with Gasteiger partial charge in [-0.3, -0.25) is 4.79 Å². The second kappa shape index (κ2) is 6.43. The number of rotatable bonds is 5. The van der Waals surface area contributed by atoms with Crippen molar-refractivity contribution in [2.24, 2.45) is 5.92 Å². The van der Waals surface area contributed by atoms with Crippen LogP contribution in [0.15, 0.2) is 18.2 Å². The van der Waals surface area contributed by atoms with Crippen molar-refractivity contribution in [3.8, 4) is 5.75 Å². The number of amides is 1. The van der Waals surface area contributed by atoms with Crippen LogP contribution in [-0.4, -0.2) is 18.6 Å². The summed E-state index contributed by atoms with van der Waals surface area (Å²) in [6.07, 6.45) is 0. The molecule has 0 bridgehead atoms. The van der Waals surface area contributed by atoms with Gasteiger partial charge in [-0.05, 0) is 43.9 Å². The Morgan fingerprint density at radius 3 is 2.56 bits per heavy atom. The number of hydrogen-bond donors (Lipinski definition) is 1. The first-order valence-corrected chi connectivity index (χ1v) is 6.40. The Labute approximate surface area is 110 Å². The molecule has 3 nitrogen and oxygen atoms in total. The van der Waals surface area contributed by atoms with Gasteiger partial charge in [-0.2, -0.15) is 0 Å². The van der Waals surface area contributed by atoms with E-state index in [1.165, 1.54) is 5.56 Å². The van der Waals surface area contributed by atoms with E-state index in [0.717, 1.165) is 11.3 Å². The van der Waals surface area contributed by atoms with Gasteiger partial charge >= 0.3 is 0 Å². The van der Waals surface area contributed by atoms with Crippen LogP contribution in [0.2, 0.25) is 0 Å². The average Bonchev–Trinajstić information content (AvgIpc) is 2.31. The summed E-state index contributed by atoms with van der Waals surface area (Å²) in [6.45, 7) is 10.3. The average molecular weight is 249 g/mol. The number of nitrogens with one attached hydrogen (secondary N) is 1. The van der Waals surface area contributed by atoms with Gasteiger partial charge in [-0.25, -0.2) is 0 Å². The molecule has 0 spiro atoms. The highest BCUT2D eigenvalue weighted by molar-refractivity contribution is 5.77. The van der Waals surface area contributed by atoms with Crippen LogP contribution in [0.5, 0.6) is 5.75 Å². The van der Waals surface area contributed by atoms with Crippen LogP contribution in [0.4, 0.5) is 0 Å². The molecular formula is C15H23NO2. The molecule has 0 heterocycles. The van der Waals surface area contributed by atoms with E-state index in [4.69, 9.17) is 4.74 Å². The summed E-state index contributed by atoms with van der Waals surface area (Å²) in [5.74, 6) is 1.13. The fourth-order valence-electron chi connectivity index (χ4n) is 1.49. The number of hydrogen-bond acceptors (Lipinski definition) is 2. The first kappa shape index (κ1) is 14.6. The highest BCUT2D eigenvalue weighted by Gasteiger charge is 2.11. The predicted octanol–water partition coefficient (Wildman–Crippen LogP) is 2.84. The maximum Gasteiger partial charge on any atom is 0.258 e. The van der Waals surface area contributed by atoms with Crippen molar-refractivity contribution in [3.63, 3.8) is 0 Å². The van der Waals surface area contributed by atoms with E-state index in [1.54, 1.807) is 0 Å². The number of benzene rings is 1. The quantitative estimate of drug-likeness (QED) is 0.871. The van der Waals surface area contributed by atoms with Gasteiger partial charge in [0.2, 0.25) is 0 Å². The molecule has 3 heteroatoms. The van der Waals surface area contributed by atoms with E-state index in [2.05, 4.69) is 19.2 Å². The highest BCUT2D eigenvalue weighted by atomic mass is 16.5. The van der Waals surface area contributed by atoms with E-state index >= 15 is 0 Å². The van der Waals surface area contributed by atoms with Crippen molar-refractivity contribution in [1.29, 1.82) is 0 Å². The summed E-state index contributed by atoms with van der Waals surface area (Å²) in [5.41, 5.74) is 2.26. The van der Waals surface area contributed by atoms with Gasteiger partial charge in [-0.1, -0.05) is 26.0 Å². The molecule has 1 amide bonds. The smallest absolute Gasteiger partial charge is 0.258 e. The zero-order valence-corrected chi connectivity index (χ0v) is 11.9. The summed E-state index contributed by atoms with van der Waals surface area (Å²) in [7, 11) is 0. The molecule has 0 fully saturated rings. The lowest BCUT2D eigenvalue weighted by Crippen LogP contribution is -2.39. The zero-order chi connectivity index (χ0) is 13.7. The minimum Gasteiger partial charge on any atom is -0.483 e. The van der Waals surface area contributed by atoms with E-state index in [-0.39, 0.29) is 18.6 Å². The Hall–Kier alpha value is -1.51. The Morgan fingerprint density at radius 2 is 1.94 bits per heavy atom. The van der Waals surface area contributed by atoms with E-state index in [1.807, 2.05) is 39.0 Å². The molecule has 18 heavy (non-hydrogen) atoms. The molecule has 0 saturated carbocycles. The minimum atomic E-state index is -0.0721. The molecule has 0 aliphatic rings. The van der Waals surface area contributed by atoms with Crippen molar-refractivity contribution in [3.05, 3.63) is 29.3 Å². The summed E-state index contributed by atoms with van der Waals surface area (Å²) >= 11 is 0. The Morgan fingerprint density at radius 1 is 1.28 bits per heavy atom. The molecule has 1 atom stereocenters. The van der Waals surface area contributed by atoms with Crippen LogP contribution in [0.1, 0.15) is 31.9 Å². The number of aryl methyl sites for hydroxylation is 1. The van der Waals surface area contributed by atoms with Crippen molar-refractivity contribution < 1.29 is 9.53 Å². The van der Waals surface area contributed by atoms with Gasteiger partial charge in [-0.15, -0.1) is 0 Å². The largest absolute Gasteiger partial charge is 0.483 e. The minimum absolute atomic E-state index is 0.0708. The van der Waals surface area contributed by atoms with Gasteiger partial charge in [0, 0.05) is 6.04 Å². The molecule has 1 unspecified atom stereocenters. The highest BCUT2D eigenvalue weighted by Crippen LogP contribution is 2.20. The van der Waals surface area contributed by atoms with Crippen molar-refractivity contribution >= 4 is 5.91 Å². The molecule has 1 N–H and O–H groups in total. The number of ether oxygens (including phenoxy) is 1. The molecule has 1 aromatic carbocycles. The van der Waals surface area contributed by atoms with Crippen LogP contribution < -0.4 is 10.1 Å². The molecule has 0 aliphatic carbocycles. The van der Waals surface area contributed by atoms with Crippen LogP contribution in [0.3, 0.4) is 0 Å². The Balaban J connectivity index is 2.50. The third-order valence-corrected chi connectivity index (χ3v) is 3.30. The second-order valence-corrected chi connectivity index (χ2v) is 5.09. The Kier molecular flexibility index (Phi) is 5.20. The van der Waals surface area contributed by atoms with Crippen LogP contribution >= 0.6 is 0 Å². The number of carbonyl (C=O) groups excluding carboxylic acids is 1. The summed E-state index contributed by atoms with van der Waals surface area (Å²) in [5, 5.41) is 2.92. The normalized spacial score (nSPS) is 12.3. The lowest BCUT2D eigenvalue weighted by Gasteiger charge is -2.18. The molecule has 0 saturated heterocycles. The lowest BCUT2D eigenvalue weighted by molar-refractivity contribution is -0.124.